The summed E-state index contributed by atoms with van der Waals surface area (Å²) < 4.78 is 39.5. The van der Waals surface area contributed by atoms with Crippen molar-refractivity contribution in [3.63, 3.8) is 0 Å². The number of hydrogen-bond donors (Lipinski definition) is 2. The summed E-state index contributed by atoms with van der Waals surface area (Å²) in [5.74, 6) is -2.41. The third-order valence-electron chi connectivity index (χ3n) is 3.07. The summed E-state index contributed by atoms with van der Waals surface area (Å²) in [6.07, 6.45) is 0.609. The zero-order chi connectivity index (χ0) is 16.2. The Hall–Kier alpha value is -1.51. The zero-order valence-electron chi connectivity index (χ0n) is 12.2. The summed E-state index contributed by atoms with van der Waals surface area (Å²) in [5, 5.41) is 11.8. The van der Waals surface area contributed by atoms with Crippen LogP contribution in [0.1, 0.15) is 22.3 Å². The van der Waals surface area contributed by atoms with Crippen LogP contribution in [0.4, 0.5) is 4.39 Å². The Kier molecular flexibility index (Phi) is 5.82. The van der Waals surface area contributed by atoms with Crippen LogP contribution in [0.2, 0.25) is 0 Å². The van der Waals surface area contributed by atoms with E-state index in [1.165, 1.54) is 14.0 Å². The van der Waals surface area contributed by atoms with Crippen molar-refractivity contribution in [2.75, 3.05) is 27.2 Å². The van der Waals surface area contributed by atoms with Crippen molar-refractivity contribution in [1.82, 2.24) is 9.62 Å². The molecular formula is C13H19FN2O4S. The molecule has 1 rings (SSSR count). The molecule has 0 aliphatic carbocycles. The molecule has 0 unspecified atom stereocenters. The molecule has 0 amide bonds. The van der Waals surface area contributed by atoms with Crippen molar-refractivity contribution in [3.8, 4) is 0 Å². The molecule has 0 atom stereocenters. The molecule has 0 radical (unpaired) electrons. The fourth-order valence-corrected chi connectivity index (χ4v) is 3.14. The summed E-state index contributed by atoms with van der Waals surface area (Å²) in [7, 11) is -0.671. The molecule has 0 spiro atoms. The summed E-state index contributed by atoms with van der Waals surface area (Å²) >= 11 is 0. The van der Waals surface area contributed by atoms with Crippen molar-refractivity contribution in [3.05, 3.63) is 29.1 Å². The number of hydrogen-bond acceptors (Lipinski definition) is 4. The lowest BCUT2D eigenvalue weighted by molar-refractivity contribution is 0.0691. The molecule has 0 aliphatic heterocycles. The fourth-order valence-electron chi connectivity index (χ4n) is 1.82. The number of benzene rings is 1. The number of carboxylic acids is 1. The Bertz CT molecular complexity index is 631. The predicted molar refractivity (Wildman–Crippen MR) is 76.5 cm³/mol. The number of rotatable bonds is 7. The van der Waals surface area contributed by atoms with E-state index in [1.54, 1.807) is 7.05 Å². The first kappa shape index (κ1) is 17.5. The topological polar surface area (TPSA) is 86.7 Å². The van der Waals surface area contributed by atoms with Crippen LogP contribution in [0.15, 0.2) is 17.0 Å². The van der Waals surface area contributed by atoms with E-state index in [0.717, 1.165) is 16.4 Å². The van der Waals surface area contributed by atoms with Gasteiger partial charge in [0.15, 0.2) is 0 Å². The maximum Gasteiger partial charge on any atom is 0.338 e. The molecule has 6 nitrogen and oxygen atoms in total. The minimum absolute atomic E-state index is 0.0166. The van der Waals surface area contributed by atoms with Crippen molar-refractivity contribution >= 4 is 16.0 Å². The number of carboxylic acid groups (broad SMARTS) is 1. The third kappa shape index (κ3) is 3.99. The van der Waals surface area contributed by atoms with E-state index < -0.39 is 27.4 Å². The van der Waals surface area contributed by atoms with Gasteiger partial charge in [0, 0.05) is 13.6 Å². The van der Waals surface area contributed by atoms with Crippen LogP contribution >= 0.6 is 0 Å². The zero-order valence-corrected chi connectivity index (χ0v) is 13.0. The molecule has 8 heteroatoms. The van der Waals surface area contributed by atoms with E-state index in [-0.39, 0.29) is 17.0 Å². The Morgan fingerprint density at radius 2 is 2.05 bits per heavy atom. The number of nitrogens with one attached hydrogen (secondary N) is 1. The van der Waals surface area contributed by atoms with Crippen LogP contribution in [-0.2, 0) is 10.0 Å². The second-order valence-corrected chi connectivity index (χ2v) is 6.74. The quantitative estimate of drug-likeness (QED) is 0.734. The summed E-state index contributed by atoms with van der Waals surface area (Å²) in [6.45, 7) is 2.27. The number of aromatic carboxylic acids is 1. The molecule has 0 fully saturated rings. The standard InChI is InChI=1S/C13H19FN2O4S/c1-9-7-10(8-11(12(9)14)13(17)18)21(19,20)16(3)6-4-5-15-2/h7-8,15H,4-6H2,1-3H3,(H,17,18). The molecule has 2 N–H and O–H groups in total. The van der Waals surface area contributed by atoms with Crippen LogP contribution in [0.3, 0.4) is 0 Å². The molecule has 0 saturated heterocycles. The average molecular weight is 318 g/mol. The van der Waals surface area contributed by atoms with Gasteiger partial charge in [-0.25, -0.2) is 21.9 Å². The SMILES string of the molecule is CNCCCN(C)S(=O)(=O)c1cc(C)c(F)c(C(=O)O)c1. The lowest BCUT2D eigenvalue weighted by atomic mass is 10.1. The lowest BCUT2D eigenvalue weighted by Crippen LogP contribution is -2.30. The van der Waals surface area contributed by atoms with E-state index in [0.29, 0.717) is 13.0 Å². The van der Waals surface area contributed by atoms with Gasteiger partial charge in [0.25, 0.3) is 0 Å². The van der Waals surface area contributed by atoms with Gasteiger partial charge in [-0.15, -0.1) is 0 Å². The fraction of sp³-hybridized carbons (Fsp3) is 0.462. The molecular weight excluding hydrogens is 299 g/mol. The van der Waals surface area contributed by atoms with Gasteiger partial charge in [-0.1, -0.05) is 0 Å². The molecule has 1 aromatic rings. The van der Waals surface area contributed by atoms with Crippen LogP contribution in [0.25, 0.3) is 0 Å². The highest BCUT2D eigenvalue weighted by Gasteiger charge is 2.24. The Balaban J connectivity index is 3.17. The highest BCUT2D eigenvalue weighted by atomic mass is 32.2. The van der Waals surface area contributed by atoms with Crippen molar-refractivity contribution in [1.29, 1.82) is 0 Å². The van der Waals surface area contributed by atoms with Crippen LogP contribution in [-0.4, -0.2) is 51.0 Å². The monoisotopic (exact) mass is 318 g/mol. The number of halogens is 1. The van der Waals surface area contributed by atoms with Gasteiger partial charge >= 0.3 is 5.97 Å². The first-order chi connectivity index (χ1) is 9.71. The molecule has 0 heterocycles. The maximum absolute atomic E-state index is 13.7. The van der Waals surface area contributed by atoms with Gasteiger partial charge in [-0.2, -0.15) is 0 Å². The van der Waals surface area contributed by atoms with Crippen molar-refractivity contribution < 1.29 is 22.7 Å². The molecule has 0 bridgehead atoms. The lowest BCUT2D eigenvalue weighted by Gasteiger charge is -2.18. The highest BCUT2D eigenvalue weighted by Crippen LogP contribution is 2.21. The summed E-state index contributed by atoms with van der Waals surface area (Å²) in [5.41, 5.74) is -0.658. The van der Waals surface area contributed by atoms with E-state index in [2.05, 4.69) is 5.32 Å². The number of aryl methyl sites for hydroxylation is 1. The Labute approximate surface area is 123 Å². The Morgan fingerprint density at radius 3 is 2.57 bits per heavy atom. The molecule has 1 aromatic carbocycles. The van der Waals surface area contributed by atoms with Gasteiger partial charge in [-0.05, 0) is 44.6 Å². The van der Waals surface area contributed by atoms with E-state index in [9.17, 15) is 17.6 Å². The highest BCUT2D eigenvalue weighted by molar-refractivity contribution is 7.89. The van der Waals surface area contributed by atoms with Crippen molar-refractivity contribution in [2.45, 2.75) is 18.2 Å². The number of nitrogens with zero attached hydrogens (tertiary/aromatic N) is 1. The molecule has 0 aromatic heterocycles. The first-order valence-electron chi connectivity index (χ1n) is 6.36. The van der Waals surface area contributed by atoms with E-state index >= 15 is 0 Å². The summed E-state index contributed by atoms with van der Waals surface area (Å²) in [6, 6.07) is 2.00. The van der Waals surface area contributed by atoms with Gasteiger partial charge < -0.3 is 10.4 Å². The third-order valence-corrected chi connectivity index (χ3v) is 4.90. The smallest absolute Gasteiger partial charge is 0.338 e. The normalized spacial score (nSPS) is 11.9. The minimum atomic E-state index is -3.84. The predicted octanol–water partition coefficient (Wildman–Crippen LogP) is 1.06. The van der Waals surface area contributed by atoms with Gasteiger partial charge in [-0.3, -0.25) is 0 Å². The largest absolute Gasteiger partial charge is 0.478 e. The minimum Gasteiger partial charge on any atom is -0.478 e. The van der Waals surface area contributed by atoms with Gasteiger partial charge in [0.2, 0.25) is 10.0 Å². The van der Waals surface area contributed by atoms with E-state index in [4.69, 9.17) is 5.11 Å². The first-order valence-corrected chi connectivity index (χ1v) is 7.80. The van der Waals surface area contributed by atoms with Gasteiger partial charge in [0.1, 0.15) is 5.82 Å². The van der Waals surface area contributed by atoms with Crippen molar-refractivity contribution in [2.24, 2.45) is 0 Å². The summed E-state index contributed by atoms with van der Waals surface area (Å²) in [4.78, 5) is 10.8. The average Bonchev–Trinajstić information content (AvgIpc) is 2.41. The Morgan fingerprint density at radius 1 is 1.43 bits per heavy atom. The van der Waals surface area contributed by atoms with E-state index in [1.807, 2.05) is 0 Å². The second kappa shape index (κ2) is 6.97. The number of sulfonamides is 1. The molecule has 0 aliphatic rings. The van der Waals surface area contributed by atoms with Gasteiger partial charge in [0.05, 0.1) is 10.5 Å². The van der Waals surface area contributed by atoms with Crippen LogP contribution < -0.4 is 5.32 Å². The molecule has 21 heavy (non-hydrogen) atoms. The van der Waals surface area contributed by atoms with Crippen LogP contribution in [0, 0.1) is 12.7 Å². The molecule has 118 valence electrons. The number of carbonyl (C=O) groups is 1. The van der Waals surface area contributed by atoms with Crippen LogP contribution in [0.5, 0.6) is 0 Å². The molecule has 0 saturated carbocycles. The second-order valence-electron chi connectivity index (χ2n) is 4.69. The maximum atomic E-state index is 13.7.